The van der Waals surface area contributed by atoms with E-state index in [1.54, 1.807) is 32.6 Å². The lowest BCUT2D eigenvalue weighted by Gasteiger charge is -2.54. The molecule has 0 radical (unpaired) electrons. The van der Waals surface area contributed by atoms with Crippen molar-refractivity contribution in [2.24, 2.45) is 5.92 Å². The Morgan fingerprint density at radius 2 is 1.51 bits per heavy atom. The highest BCUT2D eigenvalue weighted by molar-refractivity contribution is 6.05. The van der Waals surface area contributed by atoms with Crippen LogP contribution in [0.3, 0.4) is 0 Å². The van der Waals surface area contributed by atoms with Crippen LogP contribution < -0.4 is 4.90 Å². The molecule has 1 aromatic heterocycles. The number of rotatable bonds is 7. The molecule has 1 saturated heterocycles. The number of hydrogen-bond acceptors (Lipinski definition) is 5. The zero-order chi connectivity index (χ0) is 36.5. The number of halogens is 9. The van der Waals surface area contributed by atoms with Crippen molar-refractivity contribution in [3.05, 3.63) is 83.4 Å². The van der Waals surface area contributed by atoms with Crippen LogP contribution in [0.1, 0.15) is 47.3 Å². The predicted octanol–water partition coefficient (Wildman–Crippen LogP) is 6.30. The molecule has 0 spiro atoms. The smallest absolute Gasteiger partial charge is 0.475 e. The highest BCUT2D eigenvalue weighted by Crippen LogP contribution is 2.40. The van der Waals surface area contributed by atoms with Gasteiger partial charge in [0.1, 0.15) is 12.2 Å². The third-order valence-electron chi connectivity index (χ3n) is 7.93. The molecular weight excluding hydrogens is 677 g/mol. The van der Waals surface area contributed by atoms with Gasteiger partial charge >= 0.3 is 24.5 Å². The summed E-state index contributed by atoms with van der Waals surface area (Å²) in [6.07, 6.45) is -9.30. The molecule has 18 heteroatoms. The van der Waals surface area contributed by atoms with Gasteiger partial charge in [-0.2, -0.15) is 39.5 Å². The van der Waals surface area contributed by atoms with Crippen LogP contribution in [0.15, 0.2) is 61.2 Å². The molecule has 2 atom stereocenters. The maximum atomic E-state index is 13.8. The number of carbonyl (C=O) groups excluding carboxylic acids is 2. The van der Waals surface area contributed by atoms with Crippen molar-refractivity contribution in [3.63, 3.8) is 0 Å². The first-order valence-corrected chi connectivity index (χ1v) is 14.7. The molecule has 1 N–H and O–H groups in total. The lowest BCUT2D eigenvalue weighted by molar-refractivity contribution is -0.192. The average molecular weight is 708 g/mol. The van der Waals surface area contributed by atoms with Crippen LogP contribution in [0.5, 0.6) is 0 Å². The largest absolute Gasteiger partial charge is 0.490 e. The molecule has 3 heterocycles. The highest BCUT2D eigenvalue weighted by atomic mass is 19.4. The second kappa shape index (κ2) is 14.0. The molecule has 0 aliphatic carbocycles. The minimum Gasteiger partial charge on any atom is -0.475 e. The summed E-state index contributed by atoms with van der Waals surface area (Å²) in [5.74, 6) is -4.22. The summed E-state index contributed by atoms with van der Waals surface area (Å²) < 4.78 is 114. The first kappa shape index (κ1) is 37.1. The van der Waals surface area contributed by atoms with Crippen LogP contribution in [0, 0.1) is 5.92 Å². The number of imidazole rings is 1. The maximum absolute atomic E-state index is 13.8. The summed E-state index contributed by atoms with van der Waals surface area (Å²) in [5.41, 5.74) is -1.07. The number of benzene rings is 2. The molecule has 266 valence electrons. The standard InChI is InChI=1S/C29H29F6N5O2.C2HF3O2/c1-18(2)25-27(42)38(15-19-4-6-20(7-5-19)28(30,31)32)16-24-39(12-3-11-37-13-10-36-17-37)23-9-8-21(29(33,34)35)14-22(23)26(41)40(24)25;3-2(4,5)1(6)7/h4-10,13-14,17-18,24-25H,3,11-12,15-16H2,1-2H3;(H,6,7)/t24?,25-;/m0./s1. The molecule has 1 unspecified atom stereocenters. The number of carboxylic acids is 1. The van der Waals surface area contributed by atoms with E-state index < -0.39 is 59.6 Å². The summed E-state index contributed by atoms with van der Waals surface area (Å²) in [4.78, 5) is 45.3. The van der Waals surface area contributed by atoms with Gasteiger partial charge in [0.2, 0.25) is 5.91 Å². The van der Waals surface area contributed by atoms with E-state index in [0.29, 0.717) is 30.8 Å². The molecule has 3 aromatic rings. The number of nitrogens with zero attached hydrogens (tertiary/aromatic N) is 5. The van der Waals surface area contributed by atoms with E-state index in [4.69, 9.17) is 9.90 Å². The van der Waals surface area contributed by atoms with E-state index in [0.717, 1.165) is 24.3 Å². The Labute approximate surface area is 273 Å². The lowest BCUT2D eigenvalue weighted by Crippen LogP contribution is -2.71. The van der Waals surface area contributed by atoms with Gasteiger partial charge in [0.05, 0.1) is 35.2 Å². The number of aliphatic carboxylic acids is 1. The lowest BCUT2D eigenvalue weighted by atomic mass is 9.92. The van der Waals surface area contributed by atoms with Crippen LogP contribution in [-0.4, -0.2) is 73.7 Å². The molecule has 2 aliphatic rings. The van der Waals surface area contributed by atoms with Crippen LogP contribution in [0.2, 0.25) is 0 Å². The number of aromatic nitrogens is 2. The molecule has 9 nitrogen and oxygen atoms in total. The SMILES string of the molecule is CC(C)[C@H]1C(=O)N(Cc2ccc(C(F)(F)F)cc2)CC2N(CCCn3ccnc3)c3ccc(C(F)(F)F)cc3C(=O)N21.O=C(O)C(F)(F)F. The summed E-state index contributed by atoms with van der Waals surface area (Å²) in [5, 5.41) is 7.12. The predicted molar refractivity (Wildman–Crippen MR) is 155 cm³/mol. The molecule has 5 rings (SSSR count). The number of anilines is 1. The minimum atomic E-state index is -5.08. The second-order valence-corrected chi connectivity index (χ2v) is 11.7. The fourth-order valence-corrected chi connectivity index (χ4v) is 5.69. The summed E-state index contributed by atoms with van der Waals surface area (Å²) in [6, 6.07) is 6.64. The Morgan fingerprint density at radius 1 is 0.918 bits per heavy atom. The number of piperazine rings is 1. The Kier molecular flexibility index (Phi) is 10.6. The van der Waals surface area contributed by atoms with Gasteiger partial charge in [-0.15, -0.1) is 0 Å². The highest BCUT2D eigenvalue weighted by Gasteiger charge is 2.50. The molecule has 1 fully saturated rings. The zero-order valence-corrected chi connectivity index (χ0v) is 25.9. The normalized spacial score (nSPS) is 18.2. The van der Waals surface area contributed by atoms with Crippen LogP contribution >= 0.6 is 0 Å². The van der Waals surface area contributed by atoms with Gasteiger partial charge in [-0.3, -0.25) is 9.59 Å². The van der Waals surface area contributed by atoms with Crippen molar-refractivity contribution < 1.29 is 59.0 Å². The summed E-state index contributed by atoms with van der Waals surface area (Å²) in [7, 11) is 0. The Bertz CT molecular complexity index is 1640. The molecule has 2 aromatic carbocycles. The first-order chi connectivity index (χ1) is 22.7. The average Bonchev–Trinajstić information content (AvgIpc) is 3.52. The van der Waals surface area contributed by atoms with Crippen LogP contribution in [-0.2, 0) is 35.0 Å². The number of fused-ring (bicyclic) bond motifs is 2. The zero-order valence-electron chi connectivity index (χ0n) is 25.9. The van der Waals surface area contributed by atoms with E-state index in [2.05, 4.69) is 4.98 Å². The van der Waals surface area contributed by atoms with Gasteiger partial charge in [-0.05, 0) is 48.2 Å². The van der Waals surface area contributed by atoms with E-state index in [1.165, 1.54) is 28.0 Å². The van der Waals surface area contributed by atoms with Gasteiger partial charge in [-0.1, -0.05) is 26.0 Å². The van der Waals surface area contributed by atoms with Crippen molar-refractivity contribution in [1.82, 2.24) is 19.4 Å². The number of alkyl halides is 9. The van der Waals surface area contributed by atoms with Crippen molar-refractivity contribution in [2.75, 3.05) is 18.0 Å². The minimum absolute atomic E-state index is 0.0153. The Balaban J connectivity index is 0.000000698. The number of carboxylic acid groups (broad SMARTS) is 1. The molecular formula is C31H30F9N5O4. The van der Waals surface area contributed by atoms with Gasteiger partial charge in [0, 0.05) is 32.0 Å². The number of aryl methyl sites for hydroxylation is 1. The molecule has 0 saturated carbocycles. The monoisotopic (exact) mass is 707 g/mol. The maximum Gasteiger partial charge on any atom is 0.490 e. The van der Waals surface area contributed by atoms with Crippen molar-refractivity contribution in [2.45, 2.75) is 64.1 Å². The Morgan fingerprint density at radius 3 is 2.02 bits per heavy atom. The van der Waals surface area contributed by atoms with E-state index >= 15 is 0 Å². The van der Waals surface area contributed by atoms with E-state index in [9.17, 15) is 49.1 Å². The van der Waals surface area contributed by atoms with Gasteiger partial charge in [-0.25, -0.2) is 9.78 Å². The van der Waals surface area contributed by atoms with Crippen molar-refractivity contribution in [3.8, 4) is 0 Å². The molecule has 0 bridgehead atoms. The van der Waals surface area contributed by atoms with Crippen LogP contribution in [0.25, 0.3) is 0 Å². The molecule has 49 heavy (non-hydrogen) atoms. The van der Waals surface area contributed by atoms with Crippen molar-refractivity contribution >= 4 is 23.5 Å². The van der Waals surface area contributed by atoms with Gasteiger partial charge < -0.3 is 24.4 Å². The fourth-order valence-electron chi connectivity index (χ4n) is 5.69. The number of hydrogen-bond donors (Lipinski definition) is 1. The topological polar surface area (TPSA) is 99.0 Å². The summed E-state index contributed by atoms with van der Waals surface area (Å²) >= 11 is 0. The van der Waals surface area contributed by atoms with Gasteiger partial charge in [0.15, 0.2) is 0 Å². The second-order valence-electron chi connectivity index (χ2n) is 11.7. The van der Waals surface area contributed by atoms with Gasteiger partial charge in [0.25, 0.3) is 5.91 Å². The fraction of sp³-hybridized carbons (Fsp3) is 0.419. The number of amides is 2. The molecule has 2 aliphatic heterocycles. The Hall–Kier alpha value is -4.77. The van der Waals surface area contributed by atoms with E-state index in [1.807, 2.05) is 9.47 Å². The quantitative estimate of drug-likeness (QED) is 0.290. The third-order valence-corrected chi connectivity index (χ3v) is 7.93. The van der Waals surface area contributed by atoms with Crippen molar-refractivity contribution in [1.29, 1.82) is 0 Å². The number of carbonyl (C=O) groups is 3. The molecule has 2 amide bonds. The third kappa shape index (κ3) is 8.45. The van der Waals surface area contributed by atoms with E-state index in [-0.39, 0.29) is 24.6 Å². The van der Waals surface area contributed by atoms with Crippen LogP contribution in [0.4, 0.5) is 45.2 Å². The summed E-state index contributed by atoms with van der Waals surface area (Å²) in [6.45, 7) is 4.47. The first-order valence-electron chi connectivity index (χ1n) is 14.7.